The molecule has 0 aromatic carbocycles. The minimum atomic E-state index is 0.127. The van der Waals surface area contributed by atoms with Gasteiger partial charge in [0, 0.05) is 38.8 Å². The third-order valence-electron chi connectivity index (χ3n) is 3.51. The summed E-state index contributed by atoms with van der Waals surface area (Å²) < 4.78 is 10.5. The van der Waals surface area contributed by atoms with E-state index in [1.165, 1.54) is 0 Å². The van der Waals surface area contributed by atoms with Crippen LogP contribution in [-0.2, 0) is 14.3 Å². The lowest BCUT2D eigenvalue weighted by molar-refractivity contribution is -0.135. The van der Waals surface area contributed by atoms with Gasteiger partial charge in [0.15, 0.2) is 0 Å². The van der Waals surface area contributed by atoms with Crippen LogP contribution in [0.4, 0.5) is 0 Å². The molecule has 5 heteroatoms. The smallest absolute Gasteiger partial charge is 0.248 e. The van der Waals surface area contributed by atoms with Crippen LogP contribution in [0.15, 0.2) is 0 Å². The minimum absolute atomic E-state index is 0.127. The highest BCUT2D eigenvalue weighted by Gasteiger charge is 2.30. The zero-order chi connectivity index (χ0) is 12.1. The van der Waals surface area contributed by atoms with Crippen molar-refractivity contribution in [2.75, 3.05) is 52.6 Å². The molecule has 2 heterocycles. The molecule has 0 aliphatic carbocycles. The molecule has 0 aromatic heterocycles. The van der Waals surface area contributed by atoms with Crippen LogP contribution in [0.3, 0.4) is 0 Å². The molecule has 0 aromatic rings. The number of amides is 1. The molecule has 1 unspecified atom stereocenters. The van der Waals surface area contributed by atoms with Crippen LogP contribution < -0.4 is 0 Å². The van der Waals surface area contributed by atoms with Gasteiger partial charge >= 0.3 is 0 Å². The number of ether oxygens (including phenoxy) is 2. The Bertz CT molecular complexity index is 254. The summed E-state index contributed by atoms with van der Waals surface area (Å²) >= 11 is 0. The van der Waals surface area contributed by atoms with Crippen molar-refractivity contribution in [2.45, 2.75) is 19.4 Å². The molecule has 2 aliphatic heterocycles. The Morgan fingerprint density at radius 3 is 2.82 bits per heavy atom. The van der Waals surface area contributed by atoms with Gasteiger partial charge in [-0.3, -0.25) is 9.69 Å². The van der Waals surface area contributed by atoms with Gasteiger partial charge in [0.1, 0.15) is 6.61 Å². The maximum absolute atomic E-state index is 11.8. The van der Waals surface area contributed by atoms with Crippen LogP contribution in [0.2, 0.25) is 0 Å². The van der Waals surface area contributed by atoms with E-state index in [9.17, 15) is 4.79 Å². The number of carbonyl (C=O) groups excluding carboxylic acids is 1. The summed E-state index contributed by atoms with van der Waals surface area (Å²) in [7, 11) is 0. The molecule has 0 saturated carbocycles. The normalized spacial score (nSPS) is 26.4. The second-order valence-electron chi connectivity index (χ2n) is 4.57. The van der Waals surface area contributed by atoms with Crippen LogP contribution >= 0.6 is 0 Å². The lowest BCUT2D eigenvalue weighted by Gasteiger charge is -2.32. The molecular weight excluding hydrogens is 220 g/mol. The second-order valence-corrected chi connectivity index (χ2v) is 4.57. The van der Waals surface area contributed by atoms with E-state index in [2.05, 4.69) is 4.90 Å². The SMILES string of the molecule is CCOCC(=O)N1CCC(N2CCOCC2)C1. The van der Waals surface area contributed by atoms with E-state index in [0.29, 0.717) is 12.6 Å². The number of likely N-dealkylation sites (tertiary alicyclic amines) is 1. The Labute approximate surface area is 103 Å². The van der Waals surface area contributed by atoms with Crippen LogP contribution in [0.1, 0.15) is 13.3 Å². The van der Waals surface area contributed by atoms with E-state index in [4.69, 9.17) is 9.47 Å². The summed E-state index contributed by atoms with van der Waals surface area (Å²) in [5.41, 5.74) is 0. The Morgan fingerprint density at radius 2 is 2.12 bits per heavy atom. The lowest BCUT2D eigenvalue weighted by atomic mass is 10.2. The largest absolute Gasteiger partial charge is 0.379 e. The van der Waals surface area contributed by atoms with Crippen molar-refractivity contribution in [2.24, 2.45) is 0 Å². The fourth-order valence-electron chi connectivity index (χ4n) is 2.49. The molecule has 0 N–H and O–H groups in total. The molecule has 0 bridgehead atoms. The molecule has 2 saturated heterocycles. The Kier molecular flexibility index (Phi) is 4.76. The average Bonchev–Trinajstić information content (AvgIpc) is 2.86. The maximum Gasteiger partial charge on any atom is 0.248 e. The van der Waals surface area contributed by atoms with E-state index in [1.54, 1.807) is 0 Å². The quantitative estimate of drug-likeness (QED) is 0.693. The number of nitrogens with zero attached hydrogens (tertiary/aromatic N) is 2. The van der Waals surface area contributed by atoms with Crippen LogP contribution in [0.5, 0.6) is 0 Å². The second kappa shape index (κ2) is 6.33. The summed E-state index contributed by atoms with van der Waals surface area (Å²) in [5.74, 6) is 0.127. The number of hydrogen-bond acceptors (Lipinski definition) is 4. The van der Waals surface area contributed by atoms with E-state index in [1.807, 2.05) is 11.8 Å². The monoisotopic (exact) mass is 242 g/mol. The fourth-order valence-corrected chi connectivity index (χ4v) is 2.49. The number of carbonyl (C=O) groups is 1. The van der Waals surface area contributed by atoms with Gasteiger partial charge in [0.25, 0.3) is 0 Å². The highest BCUT2D eigenvalue weighted by atomic mass is 16.5. The Balaban J connectivity index is 1.76. The molecule has 5 nitrogen and oxygen atoms in total. The maximum atomic E-state index is 11.8. The van der Waals surface area contributed by atoms with Crippen molar-refractivity contribution in [1.82, 2.24) is 9.80 Å². The van der Waals surface area contributed by atoms with Gasteiger partial charge in [-0.25, -0.2) is 0 Å². The summed E-state index contributed by atoms with van der Waals surface area (Å²) in [6.07, 6.45) is 1.08. The summed E-state index contributed by atoms with van der Waals surface area (Å²) in [5, 5.41) is 0. The first-order valence-electron chi connectivity index (χ1n) is 6.48. The zero-order valence-electron chi connectivity index (χ0n) is 10.6. The molecule has 1 amide bonds. The standard InChI is InChI=1S/C12H22N2O3/c1-2-16-10-12(15)14-4-3-11(9-14)13-5-7-17-8-6-13/h11H,2-10H2,1H3. The van der Waals surface area contributed by atoms with Crippen molar-refractivity contribution < 1.29 is 14.3 Å². The van der Waals surface area contributed by atoms with Gasteiger partial charge in [-0.2, -0.15) is 0 Å². The first-order valence-corrected chi connectivity index (χ1v) is 6.48. The molecule has 2 aliphatic rings. The van der Waals surface area contributed by atoms with E-state index < -0.39 is 0 Å². The van der Waals surface area contributed by atoms with Gasteiger partial charge in [0.05, 0.1) is 13.2 Å². The van der Waals surface area contributed by atoms with Gasteiger partial charge in [-0.1, -0.05) is 0 Å². The number of hydrogen-bond donors (Lipinski definition) is 0. The topological polar surface area (TPSA) is 42.0 Å². The third-order valence-corrected chi connectivity index (χ3v) is 3.51. The number of rotatable bonds is 4. The Morgan fingerprint density at radius 1 is 1.35 bits per heavy atom. The fraction of sp³-hybridized carbons (Fsp3) is 0.917. The van der Waals surface area contributed by atoms with Gasteiger partial charge in [-0.05, 0) is 13.3 Å². The van der Waals surface area contributed by atoms with Crippen molar-refractivity contribution >= 4 is 5.91 Å². The summed E-state index contributed by atoms with van der Waals surface area (Å²) in [6.45, 7) is 8.11. The zero-order valence-corrected chi connectivity index (χ0v) is 10.6. The van der Waals surface area contributed by atoms with Gasteiger partial charge < -0.3 is 14.4 Å². The van der Waals surface area contributed by atoms with E-state index in [0.717, 1.165) is 45.8 Å². The highest BCUT2D eigenvalue weighted by Crippen LogP contribution is 2.16. The summed E-state index contributed by atoms with van der Waals surface area (Å²) in [4.78, 5) is 16.2. The third kappa shape index (κ3) is 3.40. The Hall–Kier alpha value is -0.650. The minimum Gasteiger partial charge on any atom is -0.379 e. The predicted octanol–water partition coefficient (Wildman–Crippen LogP) is -0.0440. The van der Waals surface area contributed by atoms with E-state index in [-0.39, 0.29) is 12.5 Å². The average molecular weight is 242 g/mol. The molecule has 2 fully saturated rings. The van der Waals surface area contributed by atoms with Gasteiger partial charge in [-0.15, -0.1) is 0 Å². The van der Waals surface area contributed by atoms with Crippen molar-refractivity contribution in [3.05, 3.63) is 0 Å². The molecule has 1 atom stereocenters. The molecule has 0 radical (unpaired) electrons. The molecule has 0 spiro atoms. The van der Waals surface area contributed by atoms with Crippen LogP contribution in [0, 0.1) is 0 Å². The highest BCUT2D eigenvalue weighted by molar-refractivity contribution is 5.77. The molecular formula is C12H22N2O3. The van der Waals surface area contributed by atoms with Crippen molar-refractivity contribution in [3.8, 4) is 0 Å². The predicted molar refractivity (Wildman–Crippen MR) is 63.9 cm³/mol. The van der Waals surface area contributed by atoms with Gasteiger partial charge in [0.2, 0.25) is 5.91 Å². The molecule has 17 heavy (non-hydrogen) atoms. The van der Waals surface area contributed by atoms with Crippen LogP contribution in [0.25, 0.3) is 0 Å². The van der Waals surface area contributed by atoms with Crippen LogP contribution in [-0.4, -0.2) is 74.4 Å². The molecule has 2 rings (SSSR count). The van der Waals surface area contributed by atoms with Crippen molar-refractivity contribution in [3.63, 3.8) is 0 Å². The van der Waals surface area contributed by atoms with Crippen molar-refractivity contribution in [1.29, 1.82) is 0 Å². The number of morpholine rings is 1. The first-order chi connectivity index (χ1) is 8.31. The summed E-state index contributed by atoms with van der Waals surface area (Å²) in [6, 6.07) is 0.518. The first kappa shape index (κ1) is 12.8. The lowest BCUT2D eigenvalue weighted by Crippen LogP contribution is -2.45. The van der Waals surface area contributed by atoms with E-state index >= 15 is 0 Å². The molecule has 98 valence electrons.